The molecular weight excluding hydrogens is 386 g/mol. The molecular formula is C27H23NO3. The van der Waals surface area contributed by atoms with Gasteiger partial charge in [-0.2, -0.15) is 0 Å². The van der Waals surface area contributed by atoms with Crippen molar-refractivity contribution in [2.24, 2.45) is 0 Å². The lowest BCUT2D eigenvalue weighted by Crippen LogP contribution is -2.59. The summed E-state index contributed by atoms with van der Waals surface area (Å²) in [5.41, 5.74) is 2.60. The van der Waals surface area contributed by atoms with Crippen LogP contribution in [0.5, 0.6) is 5.75 Å². The lowest BCUT2D eigenvalue weighted by molar-refractivity contribution is 0.0545. The molecule has 4 aromatic rings. The van der Waals surface area contributed by atoms with Gasteiger partial charge in [-0.3, -0.25) is 0 Å². The minimum atomic E-state index is -0.650. The fraction of sp³-hybridized carbons (Fsp3) is 0.222. The Morgan fingerprint density at radius 3 is 2.45 bits per heavy atom. The highest BCUT2D eigenvalue weighted by molar-refractivity contribution is 6.07. The number of fused-ring (bicyclic) bond motifs is 6. The summed E-state index contributed by atoms with van der Waals surface area (Å²) in [5, 5.41) is 2.41. The summed E-state index contributed by atoms with van der Waals surface area (Å²) in [6.07, 6.45) is 4.20. The van der Waals surface area contributed by atoms with Crippen LogP contribution < -0.4 is 15.3 Å². The molecule has 6 rings (SSSR count). The first-order chi connectivity index (χ1) is 15.0. The van der Waals surface area contributed by atoms with Gasteiger partial charge in [0, 0.05) is 17.6 Å². The molecule has 1 unspecified atom stereocenters. The number of hydrogen-bond acceptors (Lipinski definition) is 4. The summed E-state index contributed by atoms with van der Waals surface area (Å²) in [6.45, 7) is 7.42. The van der Waals surface area contributed by atoms with Crippen molar-refractivity contribution >= 4 is 33.5 Å². The van der Waals surface area contributed by atoms with E-state index in [4.69, 9.17) is 9.15 Å². The molecule has 4 nitrogen and oxygen atoms in total. The molecule has 3 heterocycles. The highest BCUT2D eigenvalue weighted by Gasteiger charge is 2.58. The van der Waals surface area contributed by atoms with Crippen LogP contribution in [-0.2, 0) is 5.41 Å². The van der Waals surface area contributed by atoms with Crippen LogP contribution in [0.15, 0.2) is 76.0 Å². The second kappa shape index (κ2) is 6.01. The molecule has 0 saturated carbocycles. The molecule has 4 heteroatoms. The van der Waals surface area contributed by atoms with Crippen LogP contribution in [0.1, 0.15) is 31.9 Å². The molecule has 0 N–H and O–H groups in total. The van der Waals surface area contributed by atoms with Crippen LogP contribution in [0.3, 0.4) is 0 Å². The van der Waals surface area contributed by atoms with E-state index in [1.165, 1.54) is 11.3 Å². The maximum absolute atomic E-state index is 12.6. The van der Waals surface area contributed by atoms with Gasteiger partial charge in [-0.15, -0.1) is 0 Å². The van der Waals surface area contributed by atoms with E-state index in [0.29, 0.717) is 11.0 Å². The normalized spacial score (nSPS) is 20.8. The van der Waals surface area contributed by atoms with Gasteiger partial charge in [0.1, 0.15) is 11.3 Å². The Balaban J connectivity index is 1.59. The first kappa shape index (κ1) is 18.3. The summed E-state index contributed by atoms with van der Waals surface area (Å²) in [6, 6.07) is 20.1. The third-order valence-corrected chi connectivity index (χ3v) is 7.01. The first-order valence-corrected chi connectivity index (χ1v) is 10.7. The van der Waals surface area contributed by atoms with Crippen molar-refractivity contribution in [2.45, 2.75) is 31.9 Å². The van der Waals surface area contributed by atoms with Gasteiger partial charge >= 0.3 is 5.63 Å². The highest BCUT2D eigenvalue weighted by atomic mass is 16.5. The summed E-state index contributed by atoms with van der Waals surface area (Å²) in [5.74, 6) is 0.729. The van der Waals surface area contributed by atoms with Crippen molar-refractivity contribution in [1.82, 2.24) is 0 Å². The van der Waals surface area contributed by atoms with Crippen molar-refractivity contribution in [3.05, 3.63) is 88.3 Å². The molecule has 2 aliphatic heterocycles. The molecule has 0 aliphatic carbocycles. The van der Waals surface area contributed by atoms with E-state index >= 15 is 0 Å². The number of rotatable bonds is 1. The van der Waals surface area contributed by atoms with Crippen molar-refractivity contribution in [1.29, 1.82) is 0 Å². The highest BCUT2D eigenvalue weighted by Crippen LogP contribution is 2.55. The summed E-state index contributed by atoms with van der Waals surface area (Å²) in [7, 11) is 0. The number of ether oxygens (including phenoxy) is 1. The van der Waals surface area contributed by atoms with Gasteiger partial charge in [-0.25, -0.2) is 4.79 Å². The Kier molecular flexibility index (Phi) is 3.54. The van der Waals surface area contributed by atoms with Gasteiger partial charge in [0.15, 0.2) is 0 Å². The van der Waals surface area contributed by atoms with E-state index in [2.05, 4.69) is 62.1 Å². The van der Waals surface area contributed by atoms with E-state index < -0.39 is 5.72 Å². The number of benzene rings is 3. The zero-order valence-electron chi connectivity index (χ0n) is 17.8. The molecule has 1 spiro atoms. The van der Waals surface area contributed by atoms with Gasteiger partial charge in [0.2, 0.25) is 5.72 Å². The van der Waals surface area contributed by atoms with Crippen LogP contribution in [0.4, 0.5) is 5.69 Å². The molecule has 154 valence electrons. The predicted molar refractivity (Wildman–Crippen MR) is 125 cm³/mol. The van der Waals surface area contributed by atoms with Crippen LogP contribution in [-0.4, -0.2) is 12.3 Å². The van der Waals surface area contributed by atoms with Gasteiger partial charge in [-0.1, -0.05) is 36.4 Å². The maximum Gasteiger partial charge on any atom is 0.344 e. The first-order valence-electron chi connectivity index (χ1n) is 10.7. The smallest absolute Gasteiger partial charge is 0.344 e. The van der Waals surface area contributed by atoms with E-state index in [-0.39, 0.29) is 11.0 Å². The van der Waals surface area contributed by atoms with Crippen molar-refractivity contribution in [3.8, 4) is 5.75 Å². The molecule has 1 aromatic heterocycles. The molecule has 2 aliphatic rings. The van der Waals surface area contributed by atoms with E-state index in [1.54, 1.807) is 6.07 Å². The Morgan fingerprint density at radius 1 is 0.903 bits per heavy atom. The second-order valence-electron chi connectivity index (χ2n) is 8.81. The quantitative estimate of drug-likeness (QED) is 0.291. The van der Waals surface area contributed by atoms with Crippen LogP contribution in [0.25, 0.3) is 27.8 Å². The monoisotopic (exact) mass is 409 g/mol. The fourth-order valence-corrected chi connectivity index (χ4v) is 5.42. The standard InChI is InChI=1S/C27H23NO3/c1-4-28-22-12-8-7-11-21(22)26(2,3)27(28)16-15-20-23(31-27)14-13-18-17-9-5-6-10-19(17)25(29)30-24(18)20/h5-16H,4H2,1-3H3. The molecule has 0 radical (unpaired) electrons. The second-order valence-corrected chi connectivity index (χ2v) is 8.81. The van der Waals surface area contributed by atoms with Gasteiger partial charge in [-0.05, 0) is 68.1 Å². The van der Waals surface area contributed by atoms with Crippen LogP contribution >= 0.6 is 0 Å². The third-order valence-electron chi connectivity index (χ3n) is 7.01. The third kappa shape index (κ3) is 2.17. The molecule has 0 saturated heterocycles. The van der Waals surface area contributed by atoms with Gasteiger partial charge < -0.3 is 14.1 Å². The molecule has 0 fully saturated rings. The van der Waals surface area contributed by atoms with E-state index in [1.807, 2.05) is 30.3 Å². The Morgan fingerprint density at radius 2 is 1.65 bits per heavy atom. The van der Waals surface area contributed by atoms with Crippen molar-refractivity contribution in [2.75, 3.05) is 11.4 Å². The SMILES string of the molecule is CCN1c2ccccc2C(C)(C)C12C=Cc1c(ccc3c1oc(=O)c1ccccc13)O2. The average Bonchev–Trinajstić information content (AvgIpc) is 2.97. The van der Waals surface area contributed by atoms with Crippen LogP contribution in [0.2, 0.25) is 0 Å². The summed E-state index contributed by atoms with van der Waals surface area (Å²) >= 11 is 0. The molecule has 31 heavy (non-hydrogen) atoms. The summed E-state index contributed by atoms with van der Waals surface area (Å²) < 4.78 is 12.6. The topological polar surface area (TPSA) is 42.7 Å². The lowest BCUT2D eigenvalue weighted by Gasteiger charge is -2.46. The number of anilines is 1. The van der Waals surface area contributed by atoms with Crippen LogP contribution in [0, 0.1) is 0 Å². The number of likely N-dealkylation sites (N-methyl/N-ethyl adjacent to an activating group) is 1. The number of nitrogens with zero attached hydrogens (tertiary/aromatic N) is 1. The van der Waals surface area contributed by atoms with Crippen molar-refractivity contribution < 1.29 is 9.15 Å². The zero-order valence-corrected chi connectivity index (χ0v) is 17.8. The molecule has 0 amide bonds. The minimum absolute atomic E-state index is 0.271. The van der Waals surface area contributed by atoms with Gasteiger partial charge in [0.05, 0.1) is 16.4 Å². The van der Waals surface area contributed by atoms with E-state index in [0.717, 1.165) is 28.6 Å². The van der Waals surface area contributed by atoms with E-state index in [9.17, 15) is 4.79 Å². The number of hydrogen-bond donors (Lipinski definition) is 0. The zero-order chi connectivity index (χ0) is 21.4. The Hall–Kier alpha value is -3.53. The molecule has 1 atom stereocenters. The van der Waals surface area contributed by atoms with Crippen molar-refractivity contribution in [3.63, 3.8) is 0 Å². The fourth-order valence-electron chi connectivity index (χ4n) is 5.42. The molecule has 0 bridgehead atoms. The Labute approximate surface area is 180 Å². The Bertz CT molecular complexity index is 1460. The van der Waals surface area contributed by atoms with Gasteiger partial charge in [0.25, 0.3) is 0 Å². The lowest BCUT2D eigenvalue weighted by atomic mass is 9.76. The average molecular weight is 409 g/mol. The predicted octanol–water partition coefficient (Wildman–Crippen LogP) is 5.87. The maximum atomic E-state index is 12.6. The summed E-state index contributed by atoms with van der Waals surface area (Å²) in [4.78, 5) is 15.0. The largest absolute Gasteiger partial charge is 0.463 e. The minimum Gasteiger partial charge on any atom is -0.463 e. The molecule has 3 aromatic carbocycles. The number of para-hydroxylation sites is 1.